The topological polar surface area (TPSA) is 91.8 Å². The molecule has 0 fully saturated rings. The van der Waals surface area contributed by atoms with Crippen molar-refractivity contribution in [2.45, 2.75) is 83.4 Å². The van der Waals surface area contributed by atoms with E-state index in [2.05, 4.69) is 0 Å². The smallest absolute Gasteiger partial charge is 0.271 e. The van der Waals surface area contributed by atoms with Crippen LogP contribution in [0, 0.1) is 0 Å². The van der Waals surface area contributed by atoms with Gasteiger partial charge in [-0.15, -0.1) is 0 Å². The zero-order valence-corrected chi connectivity index (χ0v) is 15.8. The molecule has 0 radical (unpaired) electrons. The van der Waals surface area contributed by atoms with Crippen LogP contribution in [0.25, 0.3) is 0 Å². The van der Waals surface area contributed by atoms with Crippen molar-refractivity contribution in [1.82, 2.24) is 4.31 Å². The average molecular weight is 344 g/mol. The largest absolute Gasteiger partial charge is 0.285 e. The van der Waals surface area contributed by atoms with Gasteiger partial charge in [0.1, 0.15) is 9.49 Å². The van der Waals surface area contributed by atoms with Gasteiger partial charge in [-0.1, -0.05) is 6.92 Å². The maximum Gasteiger partial charge on any atom is 0.271 e. The first-order chi connectivity index (χ1) is 9.08. The zero-order valence-electron chi connectivity index (χ0n) is 14.2. The van der Waals surface area contributed by atoms with Crippen molar-refractivity contribution in [2.75, 3.05) is 0 Å². The molecule has 128 valence electrons. The summed E-state index contributed by atoms with van der Waals surface area (Å²) in [6.07, 6.45) is -0.0118. The van der Waals surface area contributed by atoms with Gasteiger partial charge >= 0.3 is 0 Å². The fourth-order valence-corrected chi connectivity index (χ4v) is 6.55. The highest BCUT2D eigenvalue weighted by Crippen LogP contribution is 2.41. The van der Waals surface area contributed by atoms with E-state index < -0.39 is 29.6 Å². The second kappa shape index (κ2) is 6.14. The third-order valence-corrected chi connectivity index (χ3v) is 9.66. The summed E-state index contributed by atoms with van der Waals surface area (Å²) in [7, 11) is -8.50. The van der Waals surface area contributed by atoms with E-state index in [1.54, 1.807) is 34.6 Å². The highest BCUT2D eigenvalue weighted by Gasteiger charge is 2.59. The van der Waals surface area contributed by atoms with Crippen molar-refractivity contribution in [1.29, 1.82) is 0 Å². The Labute approximate surface area is 129 Å². The van der Waals surface area contributed by atoms with Crippen LogP contribution in [0.2, 0.25) is 0 Å². The molecule has 0 aliphatic rings. The van der Waals surface area contributed by atoms with Crippen LogP contribution in [0.3, 0.4) is 0 Å². The van der Waals surface area contributed by atoms with Gasteiger partial charge in [-0.3, -0.25) is 4.55 Å². The van der Waals surface area contributed by atoms with Gasteiger partial charge in [-0.2, -0.15) is 12.7 Å². The van der Waals surface area contributed by atoms with Crippen LogP contribution < -0.4 is 0 Å². The number of hydrogen-bond acceptors (Lipinski definition) is 4. The Kier molecular flexibility index (Phi) is 6.08. The Morgan fingerprint density at radius 3 is 1.48 bits per heavy atom. The first-order valence-corrected chi connectivity index (χ1v) is 9.96. The number of sulfonamides is 1. The summed E-state index contributed by atoms with van der Waals surface area (Å²) in [6, 6.07) is -0.617. The molecule has 1 N–H and O–H groups in total. The SMILES string of the molecule is CCC(C)(C(C)(C)S(=O)(=O)N(C(C)C)C(C)C)S(=O)(=O)O. The zero-order chi connectivity index (χ0) is 17.4. The number of hydrogen-bond donors (Lipinski definition) is 1. The molecule has 0 aliphatic carbocycles. The summed E-state index contributed by atoms with van der Waals surface area (Å²) in [4.78, 5) is 0. The summed E-state index contributed by atoms with van der Waals surface area (Å²) < 4.78 is 57.1. The van der Waals surface area contributed by atoms with Gasteiger partial charge in [-0.05, 0) is 54.9 Å². The van der Waals surface area contributed by atoms with Gasteiger partial charge in [0.2, 0.25) is 10.0 Å². The third kappa shape index (κ3) is 3.28. The standard InChI is InChI=1S/C13H29NO5S2/c1-9-13(8,21(17,18)19)12(6,7)20(15,16)14(10(2)3)11(4)5/h10-11H,9H2,1-8H3,(H,17,18,19). The second-order valence-corrected chi connectivity index (χ2v) is 10.8. The Morgan fingerprint density at radius 1 is 0.952 bits per heavy atom. The molecule has 21 heavy (non-hydrogen) atoms. The molecule has 6 nitrogen and oxygen atoms in total. The van der Waals surface area contributed by atoms with E-state index in [9.17, 15) is 21.4 Å². The van der Waals surface area contributed by atoms with Crippen LogP contribution in [-0.2, 0) is 20.1 Å². The van der Waals surface area contributed by atoms with Crippen LogP contribution in [0.5, 0.6) is 0 Å². The Hall–Kier alpha value is -0.180. The van der Waals surface area contributed by atoms with E-state index in [4.69, 9.17) is 0 Å². The fraction of sp³-hybridized carbons (Fsp3) is 1.00. The van der Waals surface area contributed by atoms with E-state index in [-0.39, 0.29) is 18.5 Å². The van der Waals surface area contributed by atoms with Crippen molar-refractivity contribution in [3.8, 4) is 0 Å². The summed E-state index contributed by atoms with van der Waals surface area (Å²) in [5.74, 6) is 0. The van der Waals surface area contributed by atoms with Gasteiger partial charge in [0.25, 0.3) is 10.1 Å². The first kappa shape index (κ1) is 20.8. The van der Waals surface area contributed by atoms with Gasteiger partial charge in [0.15, 0.2) is 0 Å². The molecule has 0 bridgehead atoms. The molecule has 1 unspecified atom stereocenters. The lowest BCUT2D eigenvalue weighted by Gasteiger charge is -2.45. The number of nitrogens with zero attached hydrogens (tertiary/aromatic N) is 1. The molecule has 0 saturated carbocycles. The minimum absolute atomic E-state index is 0.0118. The summed E-state index contributed by atoms with van der Waals surface area (Å²) in [6.45, 7) is 12.5. The van der Waals surface area contributed by atoms with E-state index in [1.807, 2.05) is 0 Å². The molecule has 1 atom stereocenters. The maximum absolute atomic E-state index is 13.0. The summed E-state index contributed by atoms with van der Waals surface area (Å²) >= 11 is 0. The highest BCUT2D eigenvalue weighted by atomic mass is 32.2. The Balaban J connectivity index is 6.36. The molecule has 0 heterocycles. The van der Waals surface area contributed by atoms with Crippen molar-refractivity contribution >= 4 is 20.1 Å². The summed E-state index contributed by atoms with van der Waals surface area (Å²) in [5.41, 5.74) is 0. The average Bonchev–Trinajstić information content (AvgIpc) is 2.23. The van der Waals surface area contributed by atoms with Crippen molar-refractivity contribution in [3.05, 3.63) is 0 Å². The first-order valence-electron chi connectivity index (χ1n) is 7.08. The van der Waals surface area contributed by atoms with Crippen LogP contribution in [0.1, 0.15) is 61.8 Å². The molecule has 0 aromatic heterocycles. The van der Waals surface area contributed by atoms with Crippen LogP contribution in [0.15, 0.2) is 0 Å². The molecular formula is C13H29NO5S2. The molecule has 0 amide bonds. The Morgan fingerprint density at radius 2 is 1.29 bits per heavy atom. The van der Waals surface area contributed by atoms with Crippen LogP contribution >= 0.6 is 0 Å². The molecular weight excluding hydrogens is 314 g/mol. The van der Waals surface area contributed by atoms with Crippen molar-refractivity contribution in [3.63, 3.8) is 0 Å². The minimum Gasteiger partial charge on any atom is -0.285 e. The molecule has 0 saturated heterocycles. The highest BCUT2D eigenvalue weighted by molar-refractivity contribution is 7.93. The summed E-state index contributed by atoms with van der Waals surface area (Å²) in [5, 5.41) is 0. The predicted octanol–water partition coefficient (Wildman–Crippen LogP) is 2.27. The van der Waals surface area contributed by atoms with Gasteiger partial charge in [0.05, 0.1) is 0 Å². The van der Waals surface area contributed by atoms with E-state index in [0.29, 0.717) is 0 Å². The van der Waals surface area contributed by atoms with E-state index in [1.165, 1.54) is 25.1 Å². The maximum atomic E-state index is 13.0. The Bertz CT molecular complexity index is 555. The molecule has 0 rings (SSSR count). The molecule has 0 spiro atoms. The van der Waals surface area contributed by atoms with Crippen molar-refractivity contribution < 1.29 is 21.4 Å². The molecule has 8 heteroatoms. The lowest BCUT2D eigenvalue weighted by Crippen LogP contribution is -2.62. The number of rotatable bonds is 7. The van der Waals surface area contributed by atoms with Crippen molar-refractivity contribution in [2.24, 2.45) is 0 Å². The van der Waals surface area contributed by atoms with Gasteiger partial charge < -0.3 is 0 Å². The normalized spacial score (nSPS) is 17.5. The predicted molar refractivity (Wildman–Crippen MR) is 85.4 cm³/mol. The van der Waals surface area contributed by atoms with E-state index >= 15 is 0 Å². The monoisotopic (exact) mass is 343 g/mol. The van der Waals surface area contributed by atoms with Crippen LogP contribution in [0.4, 0.5) is 0 Å². The molecule has 0 aromatic carbocycles. The molecule has 0 aromatic rings. The minimum atomic E-state index is -4.55. The lowest BCUT2D eigenvalue weighted by atomic mass is 9.93. The van der Waals surface area contributed by atoms with Gasteiger partial charge in [0, 0.05) is 12.1 Å². The van der Waals surface area contributed by atoms with E-state index in [0.717, 1.165) is 0 Å². The lowest BCUT2D eigenvalue weighted by molar-refractivity contribution is 0.278. The fourth-order valence-electron chi connectivity index (χ4n) is 2.61. The van der Waals surface area contributed by atoms with Gasteiger partial charge in [-0.25, -0.2) is 8.42 Å². The quantitative estimate of drug-likeness (QED) is 0.716. The van der Waals surface area contributed by atoms with Crippen LogP contribution in [-0.4, -0.2) is 47.3 Å². The second-order valence-electron chi connectivity index (χ2n) is 6.59. The molecule has 0 aliphatic heterocycles. The third-order valence-electron chi connectivity index (χ3n) is 4.46.